The molecule has 1 N–H and O–H groups in total. The maximum atomic E-state index is 13.5. The van der Waals surface area contributed by atoms with E-state index >= 15 is 0 Å². The minimum Gasteiger partial charge on any atom is -0.496 e. The monoisotopic (exact) mass is 414 g/mol. The molecule has 0 spiro atoms. The number of aryl methyl sites for hydroxylation is 2. The Bertz CT molecular complexity index is 1120. The van der Waals surface area contributed by atoms with Gasteiger partial charge in [0.1, 0.15) is 5.75 Å². The summed E-state index contributed by atoms with van der Waals surface area (Å²) in [6, 6.07) is 20.7. The molecule has 2 amide bonds. The average Bonchev–Trinajstić information content (AvgIpc) is 3.01. The molecule has 0 bridgehead atoms. The van der Waals surface area contributed by atoms with Gasteiger partial charge in [0.15, 0.2) is 0 Å². The van der Waals surface area contributed by atoms with Crippen LogP contribution < -0.4 is 15.0 Å². The van der Waals surface area contributed by atoms with Gasteiger partial charge in [0.05, 0.1) is 12.7 Å². The van der Waals surface area contributed by atoms with Gasteiger partial charge in [-0.2, -0.15) is 0 Å². The summed E-state index contributed by atoms with van der Waals surface area (Å²) in [7, 11) is 1.54. The molecule has 5 nitrogen and oxygen atoms in total. The number of rotatable bonds is 4. The summed E-state index contributed by atoms with van der Waals surface area (Å²) < 4.78 is 5.53. The van der Waals surface area contributed by atoms with E-state index in [-0.39, 0.29) is 11.8 Å². The first-order valence-corrected chi connectivity index (χ1v) is 10.5. The topological polar surface area (TPSA) is 58.6 Å². The van der Waals surface area contributed by atoms with Gasteiger partial charge in [-0.05, 0) is 61.6 Å². The molecule has 3 aromatic carbocycles. The maximum absolute atomic E-state index is 13.5. The standard InChI is InChI=1S/C26H26N2O3/c1-18-9-3-5-12-21(18)25(29)27-20-14-15-22(24(17-20)31-2)26(30)28-16-8-7-11-19-10-4-6-13-23(19)28/h3-6,9-10,12-15,17H,7-8,11,16H2,1-2H3,(H,27,29). The van der Waals surface area contributed by atoms with E-state index in [2.05, 4.69) is 11.4 Å². The van der Waals surface area contributed by atoms with Crippen LogP contribution in [-0.4, -0.2) is 25.5 Å². The first-order valence-electron chi connectivity index (χ1n) is 10.5. The number of carbonyl (C=O) groups is 2. The van der Waals surface area contributed by atoms with Gasteiger partial charge in [0.2, 0.25) is 0 Å². The van der Waals surface area contributed by atoms with E-state index < -0.39 is 0 Å². The second-order valence-electron chi connectivity index (χ2n) is 7.73. The van der Waals surface area contributed by atoms with Crippen LogP contribution in [0, 0.1) is 6.92 Å². The molecule has 0 radical (unpaired) electrons. The number of carbonyl (C=O) groups excluding carboxylic acids is 2. The van der Waals surface area contributed by atoms with Crippen molar-refractivity contribution in [3.63, 3.8) is 0 Å². The second-order valence-corrected chi connectivity index (χ2v) is 7.73. The summed E-state index contributed by atoms with van der Waals surface area (Å²) in [5, 5.41) is 2.90. The third kappa shape index (κ3) is 4.31. The Labute approximate surface area is 182 Å². The predicted octanol–water partition coefficient (Wildman–Crippen LogP) is 5.24. The summed E-state index contributed by atoms with van der Waals surface area (Å²) in [5.74, 6) is 0.151. The predicted molar refractivity (Wildman–Crippen MR) is 123 cm³/mol. The Balaban J connectivity index is 1.61. The quantitative estimate of drug-likeness (QED) is 0.635. The van der Waals surface area contributed by atoms with Gasteiger partial charge in [0, 0.05) is 29.5 Å². The molecule has 0 fully saturated rings. The number of anilines is 2. The Morgan fingerprint density at radius 2 is 1.71 bits per heavy atom. The van der Waals surface area contributed by atoms with Gasteiger partial charge in [-0.15, -0.1) is 0 Å². The number of hydrogen-bond acceptors (Lipinski definition) is 3. The van der Waals surface area contributed by atoms with Gasteiger partial charge in [-0.3, -0.25) is 9.59 Å². The van der Waals surface area contributed by atoms with Crippen LogP contribution >= 0.6 is 0 Å². The molecule has 0 unspecified atom stereocenters. The fourth-order valence-electron chi connectivity index (χ4n) is 4.02. The van der Waals surface area contributed by atoms with Crippen molar-refractivity contribution in [2.75, 3.05) is 23.9 Å². The highest BCUT2D eigenvalue weighted by molar-refractivity contribution is 6.09. The smallest absolute Gasteiger partial charge is 0.262 e. The Morgan fingerprint density at radius 1 is 0.935 bits per heavy atom. The van der Waals surface area contributed by atoms with Crippen LogP contribution in [0.5, 0.6) is 5.75 Å². The molecule has 4 rings (SSSR count). The van der Waals surface area contributed by atoms with Crippen molar-refractivity contribution < 1.29 is 14.3 Å². The van der Waals surface area contributed by atoms with Crippen molar-refractivity contribution in [3.05, 3.63) is 89.0 Å². The lowest BCUT2D eigenvalue weighted by Crippen LogP contribution is -2.32. The molecule has 1 aliphatic rings. The molecule has 1 aliphatic heterocycles. The van der Waals surface area contributed by atoms with Crippen molar-refractivity contribution in [2.24, 2.45) is 0 Å². The number of hydrogen-bond donors (Lipinski definition) is 1. The SMILES string of the molecule is COc1cc(NC(=O)c2ccccc2C)ccc1C(=O)N1CCCCc2ccccc21. The number of nitrogens with zero attached hydrogens (tertiary/aromatic N) is 1. The fourth-order valence-corrected chi connectivity index (χ4v) is 4.02. The van der Waals surface area contributed by atoms with E-state index in [1.165, 1.54) is 12.7 Å². The number of methoxy groups -OCH3 is 1. The van der Waals surface area contributed by atoms with Gasteiger partial charge >= 0.3 is 0 Å². The van der Waals surface area contributed by atoms with Crippen LogP contribution in [0.3, 0.4) is 0 Å². The summed E-state index contributed by atoms with van der Waals surface area (Å²) in [4.78, 5) is 27.9. The zero-order chi connectivity index (χ0) is 21.8. The zero-order valence-corrected chi connectivity index (χ0v) is 17.9. The molecular formula is C26H26N2O3. The van der Waals surface area contributed by atoms with E-state index in [1.807, 2.05) is 48.2 Å². The zero-order valence-electron chi connectivity index (χ0n) is 17.9. The lowest BCUT2D eigenvalue weighted by Gasteiger charge is -2.24. The number of para-hydroxylation sites is 1. The minimum atomic E-state index is -0.194. The largest absolute Gasteiger partial charge is 0.496 e. The molecule has 0 saturated heterocycles. The van der Waals surface area contributed by atoms with E-state index in [0.717, 1.165) is 30.5 Å². The Hall–Kier alpha value is -3.60. The first kappa shape index (κ1) is 20.7. The van der Waals surface area contributed by atoms with Crippen molar-refractivity contribution in [3.8, 4) is 5.75 Å². The number of ether oxygens (including phenoxy) is 1. The average molecular weight is 415 g/mol. The minimum absolute atomic E-state index is 0.0945. The molecule has 0 aliphatic carbocycles. The molecule has 3 aromatic rings. The molecule has 158 valence electrons. The molecule has 0 aromatic heterocycles. The summed E-state index contributed by atoms with van der Waals surface area (Å²) in [6.45, 7) is 2.57. The van der Waals surface area contributed by atoms with Crippen molar-refractivity contribution >= 4 is 23.2 Å². The van der Waals surface area contributed by atoms with Crippen LogP contribution in [-0.2, 0) is 6.42 Å². The van der Waals surface area contributed by atoms with Crippen LogP contribution in [0.15, 0.2) is 66.7 Å². The van der Waals surface area contributed by atoms with Crippen LogP contribution in [0.4, 0.5) is 11.4 Å². The third-order valence-electron chi connectivity index (χ3n) is 5.68. The molecular weight excluding hydrogens is 388 g/mol. The van der Waals surface area contributed by atoms with Gasteiger partial charge in [-0.1, -0.05) is 36.4 Å². The normalized spacial score (nSPS) is 13.2. The lowest BCUT2D eigenvalue weighted by atomic mass is 10.1. The van der Waals surface area contributed by atoms with Crippen LogP contribution in [0.2, 0.25) is 0 Å². The highest BCUT2D eigenvalue weighted by Gasteiger charge is 2.25. The van der Waals surface area contributed by atoms with Gasteiger partial charge in [0.25, 0.3) is 11.8 Å². The van der Waals surface area contributed by atoms with Crippen molar-refractivity contribution in [1.82, 2.24) is 0 Å². The Kier molecular flexibility index (Phi) is 6.03. The van der Waals surface area contributed by atoms with E-state index in [9.17, 15) is 9.59 Å². The van der Waals surface area contributed by atoms with E-state index in [0.29, 0.717) is 29.1 Å². The van der Waals surface area contributed by atoms with Gasteiger partial charge < -0.3 is 15.0 Å². The fraction of sp³-hybridized carbons (Fsp3) is 0.231. The van der Waals surface area contributed by atoms with Crippen molar-refractivity contribution in [2.45, 2.75) is 26.2 Å². The highest BCUT2D eigenvalue weighted by atomic mass is 16.5. The van der Waals surface area contributed by atoms with Gasteiger partial charge in [-0.25, -0.2) is 0 Å². The third-order valence-corrected chi connectivity index (χ3v) is 5.68. The lowest BCUT2D eigenvalue weighted by molar-refractivity contribution is 0.0983. The Morgan fingerprint density at radius 3 is 2.52 bits per heavy atom. The number of amides is 2. The van der Waals surface area contributed by atoms with E-state index in [4.69, 9.17) is 4.74 Å². The number of nitrogens with one attached hydrogen (secondary N) is 1. The van der Waals surface area contributed by atoms with Crippen molar-refractivity contribution in [1.29, 1.82) is 0 Å². The summed E-state index contributed by atoms with van der Waals surface area (Å²) in [6.07, 6.45) is 2.98. The molecule has 0 atom stereocenters. The van der Waals surface area contributed by atoms with Crippen LogP contribution in [0.1, 0.15) is 44.7 Å². The first-order chi connectivity index (χ1) is 15.1. The van der Waals surface area contributed by atoms with Crippen LogP contribution in [0.25, 0.3) is 0 Å². The molecule has 5 heteroatoms. The maximum Gasteiger partial charge on any atom is 0.262 e. The highest BCUT2D eigenvalue weighted by Crippen LogP contribution is 2.31. The number of fused-ring (bicyclic) bond motifs is 1. The summed E-state index contributed by atoms with van der Waals surface area (Å²) in [5.41, 5.74) is 4.73. The molecule has 1 heterocycles. The number of benzene rings is 3. The van der Waals surface area contributed by atoms with E-state index in [1.54, 1.807) is 24.3 Å². The second kappa shape index (κ2) is 9.04. The molecule has 0 saturated carbocycles. The summed E-state index contributed by atoms with van der Waals surface area (Å²) >= 11 is 0. The molecule has 31 heavy (non-hydrogen) atoms.